The molecule has 18 heavy (non-hydrogen) atoms. The molecule has 0 aliphatic heterocycles. The molecule has 2 N–H and O–H groups in total. The molecule has 1 heterocycles. The number of aromatic nitrogens is 1. The Hall–Kier alpha value is -2.35. The van der Waals surface area contributed by atoms with E-state index in [1.165, 1.54) is 5.56 Å². The molecule has 3 rings (SSSR count). The Morgan fingerprint density at radius 3 is 2.67 bits per heavy atom. The SMILES string of the molecule is Cc1ccc(N)c(-c2ccc3ccccc3n2)c1. The van der Waals surface area contributed by atoms with E-state index in [1.54, 1.807) is 0 Å². The summed E-state index contributed by atoms with van der Waals surface area (Å²) in [5.74, 6) is 0. The van der Waals surface area contributed by atoms with Crippen molar-refractivity contribution in [3.8, 4) is 11.3 Å². The molecule has 0 radical (unpaired) electrons. The minimum Gasteiger partial charge on any atom is -0.398 e. The molecule has 2 aromatic carbocycles. The summed E-state index contributed by atoms with van der Waals surface area (Å²) in [5, 5.41) is 1.15. The number of pyridine rings is 1. The van der Waals surface area contributed by atoms with Crippen LogP contribution in [0.4, 0.5) is 5.69 Å². The van der Waals surface area contributed by atoms with Crippen LogP contribution in [0.1, 0.15) is 5.56 Å². The van der Waals surface area contributed by atoms with Gasteiger partial charge in [0.25, 0.3) is 0 Å². The lowest BCUT2D eigenvalue weighted by molar-refractivity contribution is 1.38. The molecular formula is C16H14N2. The highest BCUT2D eigenvalue weighted by molar-refractivity contribution is 5.83. The van der Waals surface area contributed by atoms with Gasteiger partial charge in [-0.15, -0.1) is 0 Å². The van der Waals surface area contributed by atoms with Gasteiger partial charge in [0.05, 0.1) is 11.2 Å². The van der Waals surface area contributed by atoms with Gasteiger partial charge in [-0.1, -0.05) is 35.9 Å². The number of para-hydroxylation sites is 1. The predicted molar refractivity (Wildman–Crippen MR) is 76.3 cm³/mol. The average Bonchev–Trinajstić information content (AvgIpc) is 2.41. The van der Waals surface area contributed by atoms with Crippen molar-refractivity contribution < 1.29 is 0 Å². The van der Waals surface area contributed by atoms with Crippen molar-refractivity contribution in [1.82, 2.24) is 4.98 Å². The van der Waals surface area contributed by atoms with Crippen LogP contribution in [0.5, 0.6) is 0 Å². The number of rotatable bonds is 1. The van der Waals surface area contributed by atoms with Crippen molar-refractivity contribution in [2.24, 2.45) is 0 Å². The van der Waals surface area contributed by atoms with Crippen molar-refractivity contribution >= 4 is 16.6 Å². The molecule has 0 saturated carbocycles. The second-order valence-electron chi connectivity index (χ2n) is 4.48. The van der Waals surface area contributed by atoms with Crippen LogP contribution in [-0.2, 0) is 0 Å². The highest BCUT2D eigenvalue weighted by Crippen LogP contribution is 2.26. The minimum absolute atomic E-state index is 0.767. The molecule has 0 aliphatic rings. The van der Waals surface area contributed by atoms with Crippen LogP contribution in [0.15, 0.2) is 54.6 Å². The molecule has 0 fully saturated rings. The van der Waals surface area contributed by atoms with Crippen molar-refractivity contribution in [2.45, 2.75) is 6.92 Å². The molecule has 2 nitrogen and oxygen atoms in total. The highest BCUT2D eigenvalue weighted by atomic mass is 14.7. The summed E-state index contributed by atoms with van der Waals surface area (Å²) in [6.07, 6.45) is 0. The summed E-state index contributed by atoms with van der Waals surface area (Å²) in [6.45, 7) is 2.06. The zero-order valence-corrected chi connectivity index (χ0v) is 10.2. The monoisotopic (exact) mass is 234 g/mol. The molecule has 0 saturated heterocycles. The maximum atomic E-state index is 6.03. The second-order valence-corrected chi connectivity index (χ2v) is 4.48. The first-order valence-corrected chi connectivity index (χ1v) is 5.96. The minimum atomic E-state index is 0.767. The number of nitrogens with two attached hydrogens (primary N) is 1. The van der Waals surface area contributed by atoms with Gasteiger partial charge >= 0.3 is 0 Å². The molecule has 0 bridgehead atoms. The molecule has 0 unspecified atom stereocenters. The number of anilines is 1. The molecule has 88 valence electrons. The van der Waals surface area contributed by atoms with E-state index < -0.39 is 0 Å². The normalized spacial score (nSPS) is 10.7. The second kappa shape index (κ2) is 4.15. The fraction of sp³-hybridized carbons (Fsp3) is 0.0625. The summed E-state index contributed by atoms with van der Waals surface area (Å²) in [5.41, 5.74) is 10.9. The summed E-state index contributed by atoms with van der Waals surface area (Å²) in [7, 11) is 0. The lowest BCUT2D eigenvalue weighted by Crippen LogP contribution is -1.93. The summed E-state index contributed by atoms with van der Waals surface area (Å²) in [4.78, 5) is 4.67. The largest absolute Gasteiger partial charge is 0.398 e. The number of benzene rings is 2. The lowest BCUT2D eigenvalue weighted by atomic mass is 10.0. The quantitative estimate of drug-likeness (QED) is 0.650. The lowest BCUT2D eigenvalue weighted by Gasteiger charge is -2.07. The molecule has 0 aliphatic carbocycles. The smallest absolute Gasteiger partial charge is 0.0730 e. The van der Waals surface area contributed by atoms with Crippen LogP contribution >= 0.6 is 0 Å². The Morgan fingerprint density at radius 1 is 0.944 bits per heavy atom. The van der Waals surface area contributed by atoms with Gasteiger partial charge in [-0.25, -0.2) is 4.98 Å². The van der Waals surface area contributed by atoms with E-state index in [-0.39, 0.29) is 0 Å². The highest BCUT2D eigenvalue weighted by Gasteiger charge is 2.05. The summed E-state index contributed by atoms with van der Waals surface area (Å²) >= 11 is 0. The van der Waals surface area contributed by atoms with Crippen molar-refractivity contribution in [3.63, 3.8) is 0 Å². The van der Waals surface area contributed by atoms with Gasteiger partial charge < -0.3 is 5.73 Å². The molecule has 2 heteroatoms. The van der Waals surface area contributed by atoms with Gasteiger partial charge in [-0.2, -0.15) is 0 Å². The Kier molecular flexibility index (Phi) is 2.49. The number of nitrogens with zero attached hydrogens (tertiary/aromatic N) is 1. The number of hydrogen-bond donors (Lipinski definition) is 1. The topological polar surface area (TPSA) is 38.9 Å². The third-order valence-corrected chi connectivity index (χ3v) is 3.08. The van der Waals surface area contributed by atoms with Gasteiger partial charge in [0.15, 0.2) is 0 Å². The molecule has 1 aromatic heterocycles. The van der Waals surface area contributed by atoms with E-state index in [1.807, 2.05) is 36.4 Å². The average molecular weight is 234 g/mol. The molecule has 3 aromatic rings. The third kappa shape index (κ3) is 1.82. The number of fused-ring (bicyclic) bond motifs is 1. The van der Waals surface area contributed by atoms with Crippen LogP contribution in [0.3, 0.4) is 0 Å². The van der Waals surface area contributed by atoms with Gasteiger partial charge in [-0.3, -0.25) is 0 Å². The van der Waals surface area contributed by atoms with E-state index in [9.17, 15) is 0 Å². The van der Waals surface area contributed by atoms with E-state index in [0.29, 0.717) is 0 Å². The van der Waals surface area contributed by atoms with E-state index >= 15 is 0 Å². The fourth-order valence-electron chi connectivity index (χ4n) is 2.11. The summed E-state index contributed by atoms with van der Waals surface area (Å²) in [6, 6.07) is 18.2. The molecule has 0 atom stereocenters. The van der Waals surface area contributed by atoms with Gasteiger partial charge in [-0.05, 0) is 31.2 Å². The first kappa shape index (κ1) is 10.8. The predicted octanol–water partition coefficient (Wildman–Crippen LogP) is 3.79. The van der Waals surface area contributed by atoms with Crippen LogP contribution in [0.25, 0.3) is 22.2 Å². The van der Waals surface area contributed by atoms with Crippen LogP contribution in [0, 0.1) is 6.92 Å². The molecule has 0 amide bonds. The number of aryl methyl sites for hydroxylation is 1. The van der Waals surface area contributed by atoms with Gasteiger partial charge in [0, 0.05) is 16.6 Å². The first-order valence-electron chi connectivity index (χ1n) is 5.96. The number of nitrogen functional groups attached to an aromatic ring is 1. The van der Waals surface area contributed by atoms with Crippen LogP contribution < -0.4 is 5.73 Å². The van der Waals surface area contributed by atoms with Gasteiger partial charge in [0.2, 0.25) is 0 Å². The van der Waals surface area contributed by atoms with Crippen LogP contribution in [-0.4, -0.2) is 4.98 Å². The zero-order valence-electron chi connectivity index (χ0n) is 10.2. The Labute approximate surface area is 106 Å². The van der Waals surface area contributed by atoms with E-state index in [2.05, 4.69) is 30.1 Å². The molecular weight excluding hydrogens is 220 g/mol. The van der Waals surface area contributed by atoms with Gasteiger partial charge in [0.1, 0.15) is 0 Å². The van der Waals surface area contributed by atoms with E-state index in [0.717, 1.165) is 27.8 Å². The maximum absolute atomic E-state index is 6.03. The number of hydrogen-bond acceptors (Lipinski definition) is 2. The Balaban J connectivity index is 2.22. The fourth-order valence-corrected chi connectivity index (χ4v) is 2.11. The van der Waals surface area contributed by atoms with Crippen molar-refractivity contribution in [2.75, 3.05) is 5.73 Å². The standard InChI is InChI=1S/C16H14N2/c1-11-6-8-14(17)13(10-11)16-9-7-12-4-2-3-5-15(12)18-16/h2-10H,17H2,1H3. The maximum Gasteiger partial charge on any atom is 0.0730 e. The van der Waals surface area contributed by atoms with Crippen molar-refractivity contribution in [1.29, 1.82) is 0 Å². The zero-order chi connectivity index (χ0) is 12.5. The van der Waals surface area contributed by atoms with Crippen LogP contribution in [0.2, 0.25) is 0 Å². The Morgan fingerprint density at radius 2 is 1.78 bits per heavy atom. The van der Waals surface area contributed by atoms with Crippen molar-refractivity contribution in [3.05, 3.63) is 60.2 Å². The third-order valence-electron chi connectivity index (χ3n) is 3.08. The first-order chi connectivity index (χ1) is 8.74. The Bertz CT molecular complexity index is 717. The molecule has 0 spiro atoms. The van der Waals surface area contributed by atoms with E-state index in [4.69, 9.17) is 5.73 Å². The summed E-state index contributed by atoms with van der Waals surface area (Å²) < 4.78 is 0.